The summed E-state index contributed by atoms with van der Waals surface area (Å²) in [7, 11) is 0. The summed E-state index contributed by atoms with van der Waals surface area (Å²) in [5, 5.41) is 5.66. The predicted octanol–water partition coefficient (Wildman–Crippen LogP) is 0.871. The number of nitrogens with zero attached hydrogens (tertiary/aromatic N) is 3. The number of carbonyl (C=O) groups excluding carboxylic acids is 2. The second-order valence-electron chi connectivity index (χ2n) is 5.21. The number of hydrogen-bond acceptors (Lipinski definition) is 8. The molecular formula is C16H15N7O3. The maximum absolute atomic E-state index is 11.6. The number of carbonyl (C=O) groups is 2. The Bertz CT molecular complexity index is 924. The Morgan fingerprint density at radius 2 is 1.88 bits per heavy atom. The van der Waals surface area contributed by atoms with Crippen molar-refractivity contribution in [2.45, 2.75) is 0 Å². The van der Waals surface area contributed by atoms with Gasteiger partial charge in [-0.3, -0.25) is 9.59 Å². The molecule has 3 rings (SSSR count). The first-order valence-corrected chi connectivity index (χ1v) is 7.48. The van der Waals surface area contributed by atoms with E-state index < -0.39 is 11.8 Å². The van der Waals surface area contributed by atoms with Crippen LogP contribution in [-0.4, -0.2) is 33.3 Å². The molecule has 2 aromatic heterocycles. The van der Waals surface area contributed by atoms with Gasteiger partial charge in [0.15, 0.2) is 12.2 Å². The predicted molar refractivity (Wildman–Crippen MR) is 93.5 cm³/mol. The van der Waals surface area contributed by atoms with Crippen LogP contribution in [0.3, 0.4) is 0 Å². The van der Waals surface area contributed by atoms with Gasteiger partial charge in [-0.1, -0.05) is 0 Å². The minimum Gasteiger partial charge on any atom is -0.444 e. The summed E-state index contributed by atoms with van der Waals surface area (Å²) in [5.41, 5.74) is 12.0. The van der Waals surface area contributed by atoms with Crippen molar-refractivity contribution in [3.8, 4) is 11.3 Å². The maximum atomic E-state index is 11.6. The van der Waals surface area contributed by atoms with E-state index in [1.807, 2.05) is 12.1 Å². The highest BCUT2D eigenvalue weighted by molar-refractivity contribution is 5.98. The van der Waals surface area contributed by atoms with Gasteiger partial charge in [0.2, 0.25) is 11.9 Å². The number of nitrogens with two attached hydrogens (primary N) is 2. The normalized spacial score (nSPS) is 10.3. The number of primary amides is 2. The van der Waals surface area contributed by atoms with Gasteiger partial charge >= 0.3 is 0 Å². The Kier molecular flexibility index (Phi) is 4.74. The van der Waals surface area contributed by atoms with Crippen molar-refractivity contribution >= 4 is 29.3 Å². The molecule has 10 nitrogen and oxygen atoms in total. The monoisotopic (exact) mass is 353 g/mol. The average molecular weight is 353 g/mol. The van der Waals surface area contributed by atoms with E-state index in [4.69, 9.17) is 15.9 Å². The van der Waals surface area contributed by atoms with E-state index in [0.29, 0.717) is 11.4 Å². The van der Waals surface area contributed by atoms with Gasteiger partial charge in [0, 0.05) is 17.4 Å². The van der Waals surface area contributed by atoms with E-state index in [1.165, 1.54) is 12.6 Å². The number of hydrogen-bond donors (Lipinski definition) is 4. The summed E-state index contributed by atoms with van der Waals surface area (Å²) in [6.45, 7) is -0.138. The minimum absolute atomic E-state index is 0.105. The number of oxazole rings is 1. The molecule has 0 saturated carbocycles. The number of benzene rings is 1. The van der Waals surface area contributed by atoms with Crippen LogP contribution in [0.1, 0.15) is 10.4 Å². The van der Waals surface area contributed by atoms with Crippen LogP contribution in [0.4, 0.5) is 17.5 Å². The minimum atomic E-state index is -0.688. The van der Waals surface area contributed by atoms with Crippen LogP contribution in [0.5, 0.6) is 0 Å². The summed E-state index contributed by atoms with van der Waals surface area (Å²) in [4.78, 5) is 34.4. The van der Waals surface area contributed by atoms with Crippen LogP contribution in [0, 0.1) is 0 Å². The van der Waals surface area contributed by atoms with Crippen molar-refractivity contribution in [1.29, 1.82) is 0 Å². The number of aromatic nitrogens is 3. The van der Waals surface area contributed by atoms with Crippen molar-refractivity contribution in [3.05, 3.63) is 48.6 Å². The maximum Gasteiger partial charge on any atom is 0.254 e. The van der Waals surface area contributed by atoms with Gasteiger partial charge in [0.25, 0.3) is 5.91 Å². The fraction of sp³-hybridized carbons (Fsp3) is 0.0625. The largest absolute Gasteiger partial charge is 0.444 e. The van der Waals surface area contributed by atoms with Crippen molar-refractivity contribution in [2.75, 3.05) is 17.2 Å². The molecule has 0 unspecified atom stereocenters. The molecule has 0 fully saturated rings. The van der Waals surface area contributed by atoms with Crippen molar-refractivity contribution in [1.82, 2.24) is 15.0 Å². The number of anilines is 3. The van der Waals surface area contributed by atoms with Crippen LogP contribution < -0.4 is 22.1 Å². The van der Waals surface area contributed by atoms with E-state index in [0.717, 1.165) is 5.56 Å². The molecule has 1 aromatic carbocycles. The third-order valence-electron chi connectivity index (χ3n) is 3.34. The van der Waals surface area contributed by atoms with Gasteiger partial charge in [-0.15, -0.1) is 0 Å². The molecule has 2 amide bonds. The molecule has 0 saturated heterocycles. The first-order valence-electron chi connectivity index (χ1n) is 7.48. The molecule has 0 spiro atoms. The molecule has 0 bridgehead atoms. The van der Waals surface area contributed by atoms with Crippen molar-refractivity contribution in [3.63, 3.8) is 0 Å². The van der Waals surface area contributed by atoms with Crippen molar-refractivity contribution < 1.29 is 14.0 Å². The molecule has 26 heavy (non-hydrogen) atoms. The van der Waals surface area contributed by atoms with E-state index in [2.05, 4.69) is 25.6 Å². The van der Waals surface area contributed by atoms with Crippen LogP contribution >= 0.6 is 0 Å². The molecule has 0 atom stereocenters. The molecule has 132 valence electrons. The summed E-state index contributed by atoms with van der Waals surface area (Å²) < 4.78 is 5.23. The molecule has 10 heteroatoms. The Morgan fingerprint density at radius 3 is 2.50 bits per heavy atom. The van der Waals surface area contributed by atoms with Gasteiger partial charge in [0.05, 0.1) is 12.7 Å². The van der Waals surface area contributed by atoms with Crippen LogP contribution in [0.15, 0.2) is 47.5 Å². The fourth-order valence-corrected chi connectivity index (χ4v) is 2.12. The summed E-state index contributed by atoms with van der Waals surface area (Å²) in [6.07, 6.45) is 4.22. The third kappa shape index (κ3) is 3.93. The van der Waals surface area contributed by atoms with E-state index >= 15 is 0 Å². The van der Waals surface area contributed by atoms with E-state index in [9.17, 15) is 9.59 Å². The smallest absolute Gasteiger partial charge is 0.254 e. The molecule has 0 radical (unpaired) electrons. The zero-order chi connectivity index (χ0) is 18.5. The molecule has 0 aliphatic heterocycles. The lowest BCUT2D eigenvalue weighted by molar-refractivity contribution is -0.116. The van der Waals surface area contributed by atoms with Gasteiger partial charge < -0.3 is 26.5 Å². The highest BCUT2D eigenvalue weighted by Crippen LogP contribution is 2.24. The van der Waals surface area contributed by atoms with E-state index in [1.54, 1.807) is 18.3 Å². The quantitative estimate of drug-likeness (QED) is 0.486. The molecule has 2 heterocycles. The fourth-order valence-electron chi connectivity index (χ4n) is 2.12. The number of nitrogens with one attached hydrogen (secondary N) is 2. The summed E-state index contributed by atoms with van der Waals surface area (Å²) in [5.74, 6) is -0.284. The third-order valence-corrected chi connectivity index (χ3v) is 3.34. The summed E-state index contributed by atoms with van der Waals surface area (Å²) in [6, 6.07) is 7.20. The molecule has 3 aromatic rings. The number of rotatable bonds is 7. The Balaban J connectivity index is 1.83. The van der Waals surface area contributed by atoms with E-state index in [-0.39, 0.29) is 23.9 Å². The number of amides is 2. The highest BCUT2D eigenvalue weighted by atomic mass is 16.3. The Morgan fingerprint density at radius 1 is 1.12 bits per heavy atom. The lowest BCUT2D eigenvalue weighted by Gasteiger charge is -2.11. The first-order chi connectivity index (χ1) is 12.5. The van der Waals surface area contributed by atoms with Crippen LogP contribution in [-0.2, 0) is 4.79 Å². The summed E-state index contributed by atoms with van der Waals surface area (Å²) >= 11 is 0. The standard InChI is InChI=1S/C16H15N7O3/c17-13(24)7-21-16-20-5-11(14(18)25)15(23-16)22-10-3-1-9(2-4-10)12-6-19-8-26-12/h1-6,8H,7H2,(H2,17,24)(H2,18,25)(H2,20,21,22,23). The highest BCUT2D eigenvalue weighted by Gasteiger charge is 2.13. The lowest BCUT2D eigenvalue weighted by Crippen LogP contribution is -2.23. The lowest BCUT2D eigenvalue weighted by atomic mass is 10.1. The van der Waals surface area contributed by atoms with Crippen molar-refractivity contribution in [2.24, 2.45) is 11.5 Å². The van der Waals surface area contributed by atoms with Crippen LogP contribution in [0.2, 0.25) is 0 Å². The average Bonchev–Trinajstić information content (AvgIpc) is 3.15. The molecule has 6 N–H and O–H groups in total. The zero-order valence-corrected chi connectivity index (χ0v) is 13.5. The molecule has 0 aliphatic rings. The second kappa shape index (κ2) is 7.30. The van der Waals surface area contributed by atoms with Gasteiger partial charge in [-0.2, -0.15) is 4.98 Å². The molecule has 0 aliphatic carbocycles. The topological polar surface area (TPSA) is 162 Å². The first kappa shape index (κ1) is 16.9. The van der Waals surface area contributed by atoms with Gasteiger partial charge in [0.1, 0.15) is 11.4 Å². The SMILES string of the molecule is NC(=O)CNc1ncc(C(N)=O)c(Nc2ccc(-c3cnco3)cc2)n1. The Labute approximate surface area is 147 Å². The van der Waals surface area contributed by atoms with Gasteiger partial charge in [-0.05, 0) is 24.3 Å². The molecular weight excluding hydrogens is 338 g/mol. The van der Waals surface area contributed by atoms with Gasteiger partial charge in [-0.25, -0.2) is 9.97 Å². The second-order valence-corrected chi connectivity index (χ2v) is 5.21. The Hall–Kier alpha value is -3.95. The zero-order valence-electron chi connectivity index (χ0n) is 13.5. The van der Waals surface area contributed by atoms with Crippen LogP contribution in [0.25, 0.3) is 11.3 Å².